The van der Waals surface area contributed by atoms with Gasteiger partial charge in [0.1, 0.15) is 0 Å². The second-order valence-corrected chi connectivity index (χ2v) is 4.85. The Morgan fingerprint density at radius 3 is 3.00 bits per heavy atom. The smallest absolute Gasteiger partial charge is 0.0204 e. The fraction of sp³-hybridized carbons (Fsp3) is 1.00. The van der Waals surface area contributed by atoms with E-state index in [0.717, 1.165) is 12.0 Å². The van der Waals surface area contributed by atoms with Gasteiger partial charge in [-0.3, -0.25) is 0 Å². The molecule has 0 aromatic carbocycles. The van der Waals surface area contributed by atoms with E-state index < -0.39 is 0 Å². The molecule has 2 aliphatic heterocycles. The van der Waals surface area contributed by atoms with E-state index in [4.69, 9.17) is 0 Å². The van der Waals surface area contributed by atoms with Gasteiger partial charge in [0, 0.05) is 19.1 Å². The second kappa shape index (κ2) is 5.10. The molecule has 0 aliphatic carbocycles. The van der Waals surface area contributed by atoms with Gasteiger partial charge in [0.05, 0.1) is 0 Å². The largest absolute Gasteiger partial charge is 0.315 e. The zero-order chi connectivity index (χ0) is 9.80. The number of nitrogens with zero attached hydrogens (tertiary/aromatic N) is 1. The van der Waals surface area contributed by atoms with E-state index in [1.807, 2.05) is 0 Å². The molecule has 0 bridgehead atoms. The topological polar surface area (TPSA) is 27.3 Å². The van der Waals surface area contributed by atoms with Gasteiger partial charge in [0.25, 0.3) is 0 Å². The first-order valence-electron chi connectivity index (χ1n) is 5.97. The number of hydrogen-bond donors (Lipinski definition) is 2. The molecule has 2 fully saturated rings. The van der Waals surface area contributed by atoms with Gasteiger partial charge in [-0.1, -0.05) is 0 Å². The van der Waals surface area contributed by atoms with Crippen LogP contribution in [0.25, 0.3) is 0 Å². The average Bonchev–Trinajstić information content (AvgIpc) is 2.77. The van der Waals surface area contributed by atoms with Gasteiger partial charge in [0.2, 0.25) is 0 Å². The third-order valence-electron chi connectivity index (χ3n) is 3.53. The summed E-state index contributed by atoms with van der Waals surface area (Å²) in [6, 6.07) is 0.745. The van der Waals surface area contributed by atoms with Crippen LogP contribution in [0.1, 0.15) is 19.3 Å². The number of likely N-dealkylation sites (tertiary alicyclic amines) is 1. The van der Waals surface area contributed by atoms with Crippen molar-refractivity contribution in [1.82, 2.24) is 15.5 Å². The van der Waals surface area contributed by atoms with Crippen LogP contribution >= 0.6 is 0 Å². The summed E-state index contributed by atoms with van der Waals surface area (Å²) in [5, 5.41) is 7.03. The van der Waals surface area contributed by atoms with Crippen molar-refractivity contribution in [1.29, 1.82) is 0 Å². The Labute approximate surface area is 87.2 Å². The number of hydrogen-bond acceptors (Lipinski definition) is 3. The van der Waals surface area contributed by atoms with Crippen LogP contribution in [-0.4, -0.2) is 50.7 Å². The van der Waals surface area contributed by atoms with Crippen LogP contribution in [0.15, 0.2) is 0 Å². The van der Waals surface area contributed by atoms with Crippen LogP contribution in [0.5, 0.6) is 0 Å². The standard InChI is InChI=1S/C11H23N3/c1-14-7-4-10(9-14)2-6-13-11-3-5-12-8-11/h10-13H,2-9H2,1H3. The third kappa shape index (κ3) is 2.94. The van der Waals surface area contributed by atoms with E-state index in [9.17, 15) is 0 Å². The van der Waals surface area contributed by atoms with Gasteiger partial charge in [-0.05, 0) is 51.9 Å². The van der Waals surface area contributed by atoms with Crippen LogP contribution in [0.4, 0.5) is 0 Å². The molecule has 0 radical (unpaired) electrons. The highest BCUT2D eigenvalue weighted by molar-refractivity contribution is 4.79. The lowest BCUT2D eigenvalue weighted by atomic mass is 10.1. The van der Waals surface area contributed by atoms with Crippen LogP contribution in [0, 0.1) is 5.92 Å². The van der Waals surface area contributed by atoms with E-state index in [0.29, 0.717) is 0 Å². The van der Waals surface area contributed by atoms with Gasteiger partial charge in [0.15, 0.2) is 0 Å². The Kier molecular flexibility index (Phi) is 3.79. The van der Waals surface area contributed by atoms with Crippen molar-refractivity contribution in [2.75, 3.05) is 39.8 Å². The minimum atomic E-state index is 0.745. The van der Waals surface area contributed by atoms with Crippen LogP contribution < -0.4 is 10.6 Å². The fourth-order valence-corrected chi connectivity index (χ4v) is 2.58. The summed E-state index contributed by atoms with van der Waals surface area (Å²) in [6.45, 7) is 6.19. The quantitative estimate of drug-likeness (QED) is 0.678. The molecule has 0 saturated carbocycles. The zero-order valence-electron chi connectivity index (χ0n) is 9.26. The molecule has 2 heterocycles. The number of nitrogens with one attached hydrogen (secondary N) is 2. The molecular formula is C11H23N3. The molecule has 3 nitrogen and oxygen atoms in total. The molecule has 2 aliphatic rings. The summed E-state index contributed by atoms with van der Waals surface area (Å²) in [5.74, 6) is 0.946. The van der Waals surface area contributed by atoms with Gasteiger partial charge >= 0.3 is 0 Å². The lowest BCUT2D eigenvalue weighted by Crippen LogP contribution is -2.32. The normalized spacial score (nSPS) is 34.1. The van der Waals surface area contributed by atoms with Gasteiger partial charge in [-0.2, -0.15) is 0 Å². The van der Waals surface area contributed by atoms with Crippen molar-refractivity contribution in [3.63, 3.8) is 0 Å². The van der Waals surface area contributed by atoms with Crippen molar-refractivity contribution in [2.24, 2.45) is 5.92 Å². The van der Waals surface area contributed by atoms with Crippen LogP contribution in [0.2, 0.25) is 0 Å². The molecular weight excluding hydrogens is 174 g/mol. The van der Waals surface area contributed by atoms with Crippen molar-refractivity contribution in [2.45, 2.75) is 25.3 Å². The molecule has 2 atom stereocenters. The molecule has 2 unspecified atom stereocenters. The summed E-state index contributed by atoms with van der Waals surface area (Å²) in [6.07, 6.45) is 4.08. The van der Waals surface area contributed by atoms with Gasteiger partial charge < -0.3 is 15.5 Å². The SMILES string of the molecule is CN1CCC(CCNC2CCNC2)C1. The van der Waals surface area contributed by atoms with Crippen molar-refractivity contribution >= 4 is 0 Å². The average molecular weight is 197 g/mol. The van der Waals surface area contributed by atoms with Crippen molar-refractivity contribution in [3.8, 4) is 0 Å². The van der Waals surface area contributed by atoms with E-state index in [-0.39, 0.29) is 0 Å². The predicted molar refractivity (Wildman–Crippen MR) is 59.5 cm³/mol. The molecule has 14 heavy (non-hydrogen) atoms. The maximum absolute atomic E-state index is 3.64. The summed E-state index contributed by atoms with van der Waals surface area (Å²) in [4.78, 5) is 2.45. The van der Waals surface area contributed by atoms with E-state index in [1.165, 1.54) is 52.0 Å². The van der Waals surface area contributed by atoms with Crippen molar-refractivity contribution in [3.05, 3.63) is 0 Å². The van der Waals surface area contributed by atoms with Gasteiger partial charge in [-0.15, -0.1) is 0 Å². The highest BCUT2D eigenvalue weighted by Gasteiger charge is 2.19. The van der Waals surface area contributed by atoms with Crippen LogP contribution in [-0.2, 0) is 0 Å². The molecule has 3 heteroatoms. The van der Waals surface area contributed by atoms with E-state index >= 15 is 0 Å². The Hall–Kier alpha value is -0.120. The third-order valence-corrected chi connectivity index (χ3v) is 3.53. The highest BCUT2D eigenvalue weighted by Crippen LogP contribution is 2.17. The molecule has 0 aromatic heterocycles. The minimum absolute atomic E-state index is 0.745. The summed E-state index contributed by atoms with van der Waals surface area (Å²) >= 11 is 0. The molecule has 0 spiro atoms. The Morgan fingerprint density at radius 1 is 1.43 bits per heavy atom. The maximum atomic E-state index is 3.64. The summed E-state index contributed by atoms with van der Waals surface area (Å²) < 4.78 is 0. The van der Waals surface area contributed by atoms with E-state index in [1.54, 1.807) is 0 Å². The summed E-state index contributed by atoms with van der Waals surface area (Å²) in [5.41, 5.74) is 0. The Morgan fingerprint density at radius 2 is 2.36 bits per heavy atom. The molecule has 2 saturated heterocycles. The maximum Gasteiger partial charge on any atom is 0.0204 e. The predicted octanol–water partition coefficient (Wildman–Crippen LogP) is 0.280. The summed E-state index contributed by atoms with van der Waals surface area (Å²) in [7, 11) is 2.23. The monoisotopic (exact) mass is 197 g/mol. The van der Waals surface area contributed by atoms with E-state index in [2.05, 4.69) is 22.6 Å². The molecule has 0 aromatic rings. The second-order valence-electron chi connectivity index (χ2n) is 4.85. The van der Waals surface area contributed by atoms with Crippen LogP contribution in [0.3, 0.4) is 0 Å². The van der Waals surface area contributed by atoms with Crippen molar-refractivity contribution < 1.29 is 0 Å². The molecule has 0 amide bonds. The first-order chi connectivity index (χ1) is 6.84. The zero-order valence-corrected chi connectivity index (χ0v) is 9.26. The number of rotatable bonds is 4. The first-order valence-corrected chi connectivity index (χ1v) is 5.97. The molecule has 82 valence electrons. The lowest BCUT2D eigenvalue weighted by Gasteiger charge is -2.14. The Balaban J connectivity index is 1.54. The Bertz CT molecular complexity index is 166. The molecule has 2 rings (SSSR count). The minimum Gasteiger partial charge on any atom is -0.315 e. The van der Waals surface area contributed by atoms with Gasteiger partial charge in [-0.25, -0.2) is 0 Å². The molecule has 2 N–H and O–H groups in total. The lowest BCUT2D eigenvalue weighted by molar-refractivity contribution is 0.381. The fourth-order valence-electron chi connectivity index (χ4n) is 2.58. The highest BCUT2D eigenvalue weighted by atomic mass is 15.1. The first kappa shape index (κ1) is 10.4.